The summed E-state index contributed by atoms with van der Waals surface area (Å²) in [6.45, 7) is 5.61. The zero-order valence-electron chi connectivity index (χ0n) is 10.7. The highest BCUT2D eigenvalue weighted by atomic mass is 16.6. The predicted octanol–water partition coefficient (Wildman–Crippen LogP) is 2.66. The van der Waals surface area contributed by atoms with Crippen LogP contribution in [0.5, 0.6) is 0 Å². The molecule has 1 unspecified atom stereocenters. The number of hydrogen-bond acceptors (Lipinski definition) is 3. The minimum Gasteiger partial charge on any atom is -0.459 e. The van der Waals surface area contributed by atoms with Crippen molar-refractivity contribution < 1.29 is 14.6 Å². The maximum Gasteiger partial charge on any atom is 0.314 e. The summed E-state index contributed by atoms with van der Waals surface area (Å²) in [7, 11) is 0. The minimum atomic E-state index is -0.731. The van der Waals surface area contributed by atoms with Crippen molar-refractivity contribution in [3.8, 4) is 0 Å². The number of carbonyl (C=O) groups excluding carboxylic acids is 1. The highest BCUT2D eigenvalue weighted by molar-refractivity contribution is 5.77. The van der Waals surface area contributed by atoms with Crippen molar-refractivity contribution in [3.63, 3.8) is 0 Å². The standard InChI is InChI=1S/C13H24O3/c1-4-12(3,10-14)11(15)16-13(5-2)8-6-7-9-13/h14H,4-10H2,1-3H3. The fourth-order valence-electron chi connectivity index (χ4n) is 2.19. The third-order valence-corrected chi connectivity index (χ3v) is 4.09. The van der Waals surface area contributed by atoms with E-state index in [1.807, 2.05) is 6.92 Å². The molecule has 0 heterocycles. The lowest BCUT2D eigenvalue weighted by Gasteiger charge is -2.33. The van der Waals surface area contributed by atoms with Crippen molar-refractivity contribution in [1.82, 2.24) is 0 Å². The van der Waals surface area contributed by atoms with Crippen LogP contribution in [-0.2, 0) is 9.53 Å². The Morgan fingerprint density at radius 2 is 1.94 bits per heavy atom. The molecule has 0 bridgehead atoms. The second-order valence-electron chi connectivity index (χ2n) is 5.21. The molecule has 1 aliphatic carbocycles. The number of ether oxygens (including phenoxy) is 1. The van der Waals surface area contributed by atoms with Gasteiger partial charge in [0.1, 0.15) is 5.60 Å². The smallest absolute Gasteiger partial charge is 0.314 e. The molecule has 0 amide bonds. The summed E-state index contributed by atoms with van der Waals surface area (Å²) in [4.78, 5) is 12.1. The van der Waals surface area contributed by atoms with Gasteiger partial charge in [-0.3, -0.25) is 4.79 Å². The highest BCUT2D eigenvalue weighted by Gasteiger charge is 2.41. The Hall–Kier alpha value is -0.570. The first kappa shape index (κ1) is 13.5. The Labute approximate surface area is 98.2 Å². The lowest BCUT2D eigenvalue weighted by Crippen LogP contribution is -2.40. The Kier molecular flexibility index (Phi) is 4.36. The molecule has 1 fully saturated rings. The number of esters is 1. The molecule has 3 heteroatoms. The SMILES string of the molecule is CCC1(OC(=O)C(C)(CC)CO)CCCC1. The molecule has 0 aliphatic heterocycles. The van der Waals surface area contributed by atoms with Gasteiger partial charge in [0.15, 0.2) is 0 Å². The quantitative estimate of drug-likeness (QED) is 0.736. The summed E-state index contributed by atoms with van der Waals surface area (Å²) in [5, 5.41) is 9.29. The minimum absolute atomic E-state index is 0.137. The molecule has 0 radical (unpaired) electrons. The number of rotatable bonds is 5. The molecular formula is C13H24O3. The van der Waals surface area contributed by atoms with Crippen molar-refractivity contribution >= 4 is 5.97 Å². The molecule has 1 N–H and O–H groups in total. The van der Waals surface area contributed by atoms with Crippen LogP contribution in [0.4, 0.5) is 0 Å². The van der Waals surface area contributed by atoms with Gasteiger partial charge in [-0.25, -0.2) is 0 Å². The lowest BCUT2D eigenvalue weighted by molar-refractivity contribution is -0.174. The van der Waals surface area contributed by atoms with E-state index in [1.165, 1.54) is 0 Å². The summed E-state index contributed by atoms with van der Waals surface area (Å²) in [6, 6.07) is 0. The number of aliphatic hydroxyl groups excluding tert-OH is 1. The molecule has 1 saturated carbocycles. The summed E-state index contributed by atoms with van der Waals surface area (Å²) in [5.74, 6) is -0.235. The summed E-state index contributed by atoms with van der Waals surface area (Å²) < 4.78 is 5.70. The van der Waals surface area contributed by atoms with Crippen LogP contribution in [0.1, 0.15) is 59.3 Å². The highest BCUT2D eigenvalue weighted by Crippen LogP contribution is 2.38. The molecule has 0 aromatic rings. The average Bonchev–Trinajstić information content (AvgIpc) is 2.77. The van der Waals surface area contributed by atoms with Crippen LogP contribution in [-0.4, -0.2) is 23.3 Å². The van der Waals surface area contributed by atoms with E-state index in [0.717, 1.165) is 32.1 Å². The predicted molar refractivity (Wildman–Crippen MR) is 63.1 cm³/mol. The Morgan fingerprint density at radius 1 is 1.38 bits per heavy atom. The first-order chi connectivity index (χ1) is 7.52. The van der Waals surface area contributed by atoms with Crippen molar-refractivity contribution in [1.29, 1.82) is 0 Å². The van der Waals surface area contributed by atoms with Crippen LogP contribution in [0.15, 0.2) is 0 Å². The average molecular weight is 228 g/mol. The molecule has 94 valence electrons. The van der Waals surface area contributed by atoms with E-state index >= 15 is 0 Å². The van der Waals surface area contributed by atoms with Crippen molar-refractivity contribution in [3.05, 3.63) is 0 Å². The van der Waals surface area contributed by atoms with Gasteiger partial charge in [-0.2, -0.15) is 0 Å². The van der Waals surface area contributed by atoms with E-state index in [9.17, 15) is 9.90 Å². The molecule has 1 rings (SSSR count). The van der Waals surface area contributed by atoms with Gasteiger partial charge < -0.3 is 9.84 Å². The zero-order chi connectivity index (χ0) is 12.2. The van der Waals surface area contributed by atoms with Crippen molar-refractivity contribution in [2.24, 2.45) is 5.41 Å². The molecule has 1 aliphatic rings. The topological polar surface area (TPSA) is 46.5 Å². The number of aliphatic hydroxyl groups is 1. The lowest BCUT2D eigenvalue weighted by atomic mass is 9.88. The second-order valence-corrected chi connectivity index (χ2v) is 5.21. The molecule has 0 aromatic carbocycles. The molecule has 0 spiro atoms. The third-order valence-electron chi connectivity index (χ3n) is 4.09. The number of hydrogen-bond donors (Lipinski definition) is 1. The monoisotopic (exact) mass is 228 g/mol. The fourth-order valence-corrected chi connectivity index (χ4v) is 2.19. The Morgan fingerprint density at radius 3 is 2.31 bits per heavy atom. The maximum atomic E-state index is 12.1. The van der Waals surface area contributed by atoms with Gasteiger partial charge in [0.05, 0.1) is 12.0 Å². The van der Waals surface area contributed by atoms with Crippen LogP contribution in [0, 0.1) is 5.41 Å². The van der Waals surface area contributed by atoms with Gasteiger partial charge in [-0.1, -0.05) is 13.8 Å². The molecule has 0 saturated heterocycles. The van der Waals surface area contributed by atoms with Gasteiger partial charge in [0, 0.05) is 0 Å². The molecule has 3 nitrogen and oxygen atoms in total. The zero-order valence-corrected chi connectivity index (χ0v) is 10.7. The van der Waals surface area contributed by atoms with Crippen LogP contribution >= 0.6 is 0 Å². The van der Waals surface area contributed by atoms with Gasteiger partial charge in [0.2, 0.25) is 0 Å². The van der Waals surface area contributed by atoms with E-state index in [2.05, 4.69) is 6.92 Å². The largest absolute Gasteiger partial charge is 0.459 e. The Balaban J connectivity index is 2.68. The van der Waals surface area contributed by atoms with Crippen LogP contribution in [0.25, 0.3) is 0 Å². The first-order valence-electron chi connectivity index (χ1n) is 6.36. The normalized spacial score (nSPS) is 22.8. The van der Waals surface area contributed by atoms with Crippen LogP contribution in [0.2, 0.25) is 0 Å². The molecule has 1 atom stereocenters. The van der Waals surface area contributed by atoms with Gasteiger partial charge in [-0.15, -0.1) is 0 Å². The second kappa shape index (κ2) is 5.17. The molecular weight excluding hydrogens is 204 g/mol. The van der Waals surface area contributed by atoms with Gasteiger partial charge in [-0.05, 0) is 45.4 Å². The summed E-state index contributed by atoms with van der Waals surface area (Å²) in [5.41, 5.74) is -0.979. The van der Waals surface area contributed by atoms with Crippen molar-refractivity contribution in [2.75, 3.05) is 6.61 Å². The summed E-state index contributed by atoms with van der Waals surface area (Å²) >= 11 is 0. The van der Waals surface area contributed by atoms with Crippen molar-refractivity contribution in [2.45, 2.75) is 64.9 Å². The maximum absolute atomic E-state index is 12.1. The van der Waals surface area contributed by atoms with Crippen LogP contribution < -0.4 is 0 Å². The molecule has 16 heavy (non-hydrogen) atoms. The van der Waals surface area contributed by atoms with Gasteiger partial charge in [0.25, 0.3) is 0 Å². The third kappa shape index (κ3) is 2.57. The van der Waals surface area contributed by atoms with E-state index < -0.39 is 5.41 Å². The fraction of sp³-hybridized carbons (Fsp3) is 0.923. The Bertz CT molecular complexity index is 238. The van der Waals surface area contributed by atoms with E-state index in [4.69, 9.17) is 4.74 Å². The molecule has 0 aromatic heterocycles. The summed E-state index contributed by atoms with van der Waals surface area (Å²) in [6.07, 6.45) is 5.72. The van der Waals surface area contributed by atoms with E-state index in [1.54, 1.807) is 6.92 Å². The van der Waals surface area contributed by atoms with E-state index in [-0.39, 0.29) is 18.2 Å². The van der Waals surface area contributed by atoms with E-state index in [0.29, 0.717) is 6.42 Å². The number of carbonyl (C=O) groups is 1. The van der Waals surface area contributed by atoms with Crippen LogP contribution in [0.3, 0.4) is 0 Å². The van der Waals surface area contributed by atoms with Gasteiger partial charge >= 0.3 is 5.97 Å². The first-order valence-corrected chi connectivity index (χ1v) is 6.36.